The maximum absolute atomic E-state index is 12.7. The number of amides is 2. The van der Waals surface area contributed by atoms with Crippen LogP contribution in [0.2, 0.25) is 0 Å². The summed E-state index contributed by atoms with van der Waals surface area (Å²) in [5.41, 5.74) is 0. The van der Waals surface area contributed by atoms with Gasteiger partial charge in [-0.05, 0) is 34.4 Å². The molecule has 0 bridgehead atoms. The maximum atomic E-state index is 12.7. The Labute approximate surface area is 126 Å². The highest BCUT2D eigenvalue weighted by Gasteiger charge is 2.37. The van der Waals surface area contributed by atoms with E-state index in [1.807, 2.05) is 32.8 Å². The summed E-state index contributed by atoms with van der Waals surface area (Å²) in [5.74, 6) is -0.917. The van der Waals surface area contributed by atoms with Crippen molar-refractivity contribution < 1.29 is 19.8 Å². The van der Waals surface area contributed by atoms with Crippen molar-refractivity contribution in [1.29, 1.82) is 0 Å². The number of likely N-dealkylation sites (tertiary alicyclic amines) is 1. The minimum absolute atomic E-state index is 0.0337. The van der Waals surface area contributed by atoms with Gasteiger partial charge in [0, 0.05) is 31.7 Å². The number of aliphatic carboxylic acids is 1. The molecule has 1 aliphatic heterocycles. The topological polar surface area (TPSA) is 84.3 Å². The number of carboxylic acids is 1. The van der Waals surface area contributed by atoms with Crippen LogP contribution in [0.25, 0.3) is 0 Å². The largest absolute Gasteiger partial charge is 0.481 e. The van der Waals surface area contributed by atoms with E-state index in [-0.39, 0.29) is 31.1 Å². The van der Waals surface area contributed by atoms with Crippen molar-refractivity contribution in [3.63, 3.8) is 0 Å². The third-order valence-corrected chi connectivity index (χ3v) is 3.65. The van der Waals surface area contributed by atoms with E-state index in [2.05, 4.69) is 0 Å². The molecule has 0 aromatic carbocycles. The van der Waals surface area contributed by atoms with E-state index >= 15 is 0 Å². The van der Waals surface area contributed by atoms with Gasteiger partial charge in [0.25, 0.3) is 0 Å². The highest BCUT2D eigenvalue weighted by Crippen LogP contribution is 2.21. The van der Waals surface area contributed by atoms with Gasteiger partial charge in [0.05, 0.1) is 12.5 Å². The molecular formula is C14H27N3O4. The van der Waals surface area contributed by atoms with Gasteiger partial charge in [-0.25, -0.2) is 4.79 Å². The lowest BCUT2D eigenvalue weighted by Crippen LogP contribution is -2.51. The van der Waals surface area contributed by atoms with Crippen molar-refractivity contribution in [2.24, 2.45) is 0 Å². The number of aliphatic hydroxyl groups excluding tert-OH is 1. The van der Waals surface area contributed by atoms with Crippen molar-refractivity contribution in [2.45, 2.75) is 44.9 Å². The van der Waals surface area contributed by atoms with Gasteiger partial charge in [-0.1, -0.05) is 0 Å². The van der Waals surface area contributed by atoms with E-state index in [0.717, 1.165) is 0 Å². The molecule has 2 N–H and O–H groups in total. The number of carbonyl (C=O) groups is 2. The van der Waals surface area contributed by atoms with Gasteiger partial charge in [-0.15, -0.1) is 0 Å². The molecule has 2 atom stereocenters. The fraction of sp³-hybridized carbons (Fsp3) is 0.857. The van der Waals surface area contributed by atoms with Crippen molar-refractivity contribution in [3.05, 3.63) is 0 Å². The van der Waals surface area contributed by atoms with Crippen LogP contribution in [-0.2, 0) is 4.79 Å². The Morgan fingerprint density at radius 2 is 1.95 bits per heavy atom. The van der Waals surface area contributed by atoms with Gasteiger partial charge in [0.2, 0.25) is 0 Å². The molecule has 0 spiro atoms. The Balaban J connectivity index is 2.78. The number of rotatable bonds is 6. The van der Waals surface area contributed by atoms with Gasteiger partial charge < -0.3 is 24.9 Å². The van der Waals surface area contributed by atoms with Gasteiger partial charge in [0.1, 0.15) is 0 Å². The van der Waals surface area contributed by atoms with E-state index < -0.39 is 12.1 Å². The lowest BCUT2D eigenvalue weighted by Gasteiger charge is -2.34. The summed E-state index contributed by atoms with van der Waals surface area (Å²) in [4.78, 5) is 28.6. The van der Waals surface area contributed by atoms with E-state index in [1.165, 1.54) is 0 Å². The van der Waals surface area contributed by atoms with E-state index in [9.17, 15) is 14.7 Å². The van der Waals surface area contributed by atoms with E-state index in [0.29, 0.717) is 19.5 Å². The Morgan fingerprint density at radius 3 is 2.43 bits per heavy atom. The van der Waals surface area contributed by atoms with Crippen molar-refractivity contribution in [1.82, 2.24) is 14.7 Å². The first-order chi connectivity index (χ1) is 9.72. The Kier molecular flexibility index (Phi) is 6.42. The predicted molar refractivity (Wildman–Crippen MR) is 79.2 cm³/mol. The molecule has 0 aromatic heterocycles. The summed E-state index contributed by atoms with van der Waals surface area (Å²) in [7, 11) is 3.86. The van der Waals surface area contributed by atoms with Gasteiger partial charge in [-0.3, -0.25) is 4.79 Å². The normalized spacial score (nSPS) is 22.1. The summed E-state index contributed by atoms with van der Waals surface area (Å²) in [6.45, 7) is 4.93. The third kappa shape index (κ3) is 5.17. The lowest BCUT2D eigenvalue weighted by molar-refractivity contribution is -0.137. The molecular weight excluding hydrogens is 274 g/mol. The maximum Gasteiger partial charge on any atom is 0.320 e. The van der Waals surface area contributed by atoms with E-state index in [4.69, 9.17) is 5.11 Å². The van der Waals surface area contributed by atoms with E-state index in [1.54, 1.807) is 9.80 Å². The molecule has 0 aromatic rings. The second kappa shape index (κ2) is 7.61. The highest BCUT2D eigenvalue weighted by molar-refractivity contribution is 5.76. The van der Waals surface area contributed by atoms with Gasteiger partial charge in [-0.2, -0.15) is 0 Å². The SMILES string of the molecule is CC(C)N(CCC(=O)O)C(=O)N1CC(O)CC1CN(C)C. The first-order valence-corrected chi connectivity index (χ1v) is 7.34. The lowest BCUT2D eigenvalue weighted by atomic mass is 10.2. The smallest absolute Gasteiger partial charge is 0.320 e. The van der Waals surface area contributed by atoms with Gasteiger partial charge >= 0.3 is 12.0 Å². The molecule has 1 rings (SSSR count). The van der Waals surface area contributed by atoms with Crippen molar-refractivity contribution in [3.8, 4) is 0 Å². The number of carboxylic acid groups (broad SMARTS) is 1. The Bertz CT molecular complexity index is 373. The summed E-state index contributed by atoms with van der Waals surface area (Å²) in [6.07, 6.45) is -0.0136. The number of carbonyl (C=O) groups excluding carboxylic acids is 1. The zero-order valence-electron chi connectivity index (χ0n) is 13.3. The van der Waals surface area contributed by atoms with Crippen LogP contribution in [0.15, 0.2) is 0 Å². The molecule has 1 aliphatic rings. The first kappa shape index (κ1) is 17.7. The van der Waals surface area contributed by atoms with Crippen LogP contribution in [0.3, 0.4) is 0 Å². The fourth-order valence-electron chi connectivity index (χ4n) is 2.68. The second-order valence-electron chi connectivity index (χ2n) is 6.17. The summed E-state index contributed by atoms with van der Waals surface area (Å²) < 4.78 is 0. The number of urea groups is 1. The van der Waals surface area contributed by atoms with Crippen LogP contribution in [0, 0.1) is 0 Å². The standard InChI is InChI=1S/C14H27N3O4/c1-10(2)16(6-5-13(19)20)14(21)17-9-12(18)7-11(17)8-15(3)4/h10-12,18H,5-9H2,1-4H3,(H,19,20). The number of hydrogen-bond acceptors (Lipinski definition) is 4. The summed E-state index contributed by atoms with van der Waals surface area (Å²) in [6, 6.07) is -0.294. The molecule has 0 radical (unpaired) electrons. The molecule has 0 saturated carbocycles. The molecule has 1 heterocycles. The molecule has 1 fully saturated rings. The van der Waals surface area contributed by atoms with Crippen LogP contribution in [0.5, 0.6) is 0 Å². The van der Waals surface area contributed by atoms with Crippen LogP contribution in [0.1, 0.15) is 26.7 Å². The fourth-order valence-corrected chi connectivity index (χ4v) is 2.68. The minimum Gasteiger partial charge on any atom is -0.481 e. The van der Waals surface area contributed by atoms with Crippen LogP contribution in [0.4, 0.5) is 4.79 Å². The summed E-state index contributed by atoms with van der Waals surface area (Å²) in [5, 5.41) is 18.7. The minimum atomic E-state index is -0.917. The summed E-state index contributed by atoms with van der Waals surface area (Å²) >= 11 is 0. The zero-order valence-corrected chi connectivity index (χ0v) is 13.3. The third-order valence-electron chi connectivity index (χ3n) is 3.65. The van der Waals surface area contributed by atoms with Crippen molar-refractivity contribution >= 4 is 12.0 Å². The van der Waals surface area contributed by atoms with Crippen molar-refractivity contribution in [2.75, 3.05) is 33.7 Å². The zero-order chi connectivity index (χ0) is 16.2. The second-order valence-corrected chi connectivity index (χ2v) is 6.17. The highest BCUT2D eigenvalue weighted by atomic mass is 16.4. The molecule has 122 valence electrons. The number of aliphatic hydroxyl groups is 1. The molecule has 2 amide bonds. The average Bonchev–Trinajstić information content (AvgIpc) is 2.68. The molecule has 0 aliphatic carbocycles. The molecule has 1 saturated heterocycles. The molecule has 7 heteroatoms. The molecule has 7 nitrogen and oxygen atoms in total. The number of nitrogens with zero attached hydrogens (tertiary/aromatic N) is 3. The average molecular weight is 301 g/mol. The monoisotopic (exact) mass is 301 g/mol. The first-order valence-electron chi connectivity index (χ1n) is 7.34. The van der Waals surface area contributed by atoms with Crippen LogP contribution < -0.4 is 0 Å². The molecule has 21 heavy (non-hydrogen) atoms. The Hall–Kier alpha value is -1.34. The number of β-amino-alcohol motifs (C(OH)–C–C–N with tert-alkyl or cyclic N) is 1. The number of hydrogen-bond donors (Lipinski definition) is 2. The number of likely N-dealkylation sites (N-methyl/N-ethyl adjacent to an activating group) is 1. The van der Waals surface area contributed by atoms with Crippen LogP contribution >= 0.6 is 0 Å². The molecule has 2 unspecified atom stereocenters. The predicted octanol–water partition coefficient (Wildman–Crippen LogP) is 0.288. The Morgan fingerprint density at radius 1 is 1.33 bits per heavy atom. The van der Waals surface area contributed by atoms with Gasteiger partial charge in [0.15, 0.2) is 0 Å². The quantitative estimate of drug-likeness (QED) is 0.736. The van der Waals surface area contributed by atoms with Crippen LogP contribution in [-0.4, -0.2) is 88.8 Å².